The fourth-order valence-corrected chi connectivity index (χ4v) is 2.71. The second-order valence-corrected chi connectivity index (χ2v) is 6.10. The van der Waals surface area contributed by atoms with Gasteiger partial charge in [-0.1, -0.05) is 84.5 Å². The highest BCUT2D eigenvalue weighted by molar-refractivity contribution is 4.67. The van der Waals surface area contributed by atoms with E-state index in [-0.39, 0.29) is 6.17 Å². The molecule has 19 heavy (non-hydrogen) atoms. The van der Waals surface area contributed by atoms with Crippen molar-refractivity contribution in [1.29, 1.82) is 0 Å². The first-order valence-corrected chi connectivity index (χ1v) is 8.73. The molecule has 0 radical (unpaired) electrons. The predicted octanol–water partition coefficient (Wildman–Crippen LogP) is 4.96. The predicted molar refractivity (Wildman–Crippen MR) is 87.0 cm³/mol. The zero-order chi connectivity index (χ0) is 14.3. The van der Waals surface area contributed by atoms with Crippen molar-refractivity contribution < 1.29 is 0 Å². The largest absolute Gasteiger partial charge is 0.316 e. The van der Waals surface area contributed by atoms with Crippen LogP contribution in [0.25, 0.3) is 0 Å². The van der Waals surface area contributed by atoms with Crippen molar-refractivity contribution in [3.8, 4) is 0 Å². The summed E-state index contributed by atoms with van der Waals surface area (Å²) in [5.41, 5.74) is 11.7. The molecule has 0 rings (SSSR count). The Labute approximate surface area is 121 Å². The topological polar surface area (TPSA) is 52.0 Å². The van der Waals surface area contributed by atoms with Gasteiger partial charge in [0.1, 0.15) is 0 Å². The zero-order valence-electron chi connectivity index (χ0n) is 13.5. The lowest BCUT2D eigenvalue weighted by Crippen LogP contribution is -2.38. The Balaban J connectivity index is 3.34. The minimum Gasteiger partial charge on any atom is -0.316 e. The molecular formula is C17H38N2. The lowest BCUT2D eigenvalue weighted by molar-refractivity contribution is 0.350. The monoisotopic (exact) mass is 270 g/mol. The third-order valence-electron chi connectivity index (χ3n) is 4.15. The summed E-state index contributed by atoms with van der Waals surface area (Å²) in [7, 11) is 0. The van der Waals surface area contributed by atoms with Gasteiger partial charge in [0.15, 0.2) is 0 Å². The maximum Gasteiger partial charge on any atom is 0.0549 e. The van der Waals surface area contributed by atoms with Crippen LogP contribution in [0.3, 0.4) is 0 Å². The van der Waals surface area contributed by atoms with Gasteiger partial charge in [-0.15, -0.1) is 0 Å². The molecule has 0 aromatic heterocycles. The van der Waals surface area contributed by atoms with Crippen LogP contribution in [-0.2, 0) is 0 Å². The van der Waals surface area contributed by atoms with E-state index in [1.54, 1.807) is 0 Å². The maximum absolute atomic E-state index is 5.86. The summed E-state index contributed by atoms with van der Waals surface area (Å²) in [6.07, 6.45) is 17.4. The standard InChI is InChI=1S/C17H38N2/c1-3-5-7-8-9-10-11-12-13-15-16(17(18)19)14-6-4-2/h16-17H,3-15,18-19H2,1-2H3. The van der Waals surface area contributed by atoms with Crippen LogP contribution in [0.15, 0.2) is 0 Å². The average Bonchev–Trinajstić information content (AvgIpc) is 2.39. The molecule has 2 nitrogen and oxygen atoms in total. The van der Waals surface area contributed by atoms with Gasteiger partial charge in [-0.2, -0.15) is 0 Å². The van der Waals surface area contributed by atoms with E-state index in [1.807, 2.05) is 0 Å². The molecule has 0 amide bonds. The molecule has 0 saturated heterocycles. The van der Waals surface area contributed by atoms with Crippen LogP contribution in [0.1, 0.15) is 97.3 Å². The molecule has 0 aliphatic heterocycles. The van der Waals surface area contributed by atoms with E-state index in [9.17, 15) is 0 Å². The van der Waals surface area contributed by atoms with E-state index in [4.69, 9.17) is 11.5 Å². The van der Waals surface area contributed by atoms with Crippen LogP contribution in [0.4, 0.5) is 0 Å². The van der Waals surface area contributed by atoms with Gasteiger partial charge < -0.3 is 11.5 Å². The molecule has 2 heteroatoms. The molecule has 0 spiro atoms. The Morgan fingerprint density at radius 1 is 0.579 bits per heavy atom. The van der Waals surface area contributed by atoms with E-state index < -0.39 is 0 Å². The Kier molecular flexibility index (Phi) is 14.3. The summed E-state index contributed by atoms with van der Waals surface area (Å²) >= 11 is 0. The molecule has 0 fully saturated rings. The van der Waals surface area contributed by atoms with Gasteiger partial charge in [-0.3, -0.25) is 0 Å². The lowest BCUT2D eigenvalue weighted by Gasteiger charge is -2.20. The Morgan fingerprint density at radius 2 is 1.00 bits per heavy atom. The third kappa shape index (κ3) is 12.7. The zero-order valence-corrected chi connectivity index (χ0v) is 13.5. The van der Waals surface area contributed by atoms with Crippen molar-refractivity contribution in [2.24, 2.45) is 17.4 Å². The van der Waals surface area contributed by atoms with Gasteiger partial charge in [0, 0.05) is 0 Å². The van der Waals surface area contributed by atoms with Crippen molar-refractivity contribution in [2.45, 2.75) is 103 Å². The van der Waals surface area contributed by atoms with Gasteiger partial charge in [-0.25, -0.2) is 0 Å². The molecule has 1 atom stereocenters. The molecule has 0 saturated carbocycles. The Hall–Kier alpha value is -0.0800. The minimum absolute atomic E-state index is 0.111. The molecule has 4 N–H and O–H groups in total. The van der Waals surface area contributed by atoms with Crippen LogP contribution in [-0.4, -0.2) is 6.17 Å². The normalized spacial score (nSPS) is 13.1. The number of rotatable bonds is 14. The Bertz CT molecular complexity index is 169. The smallest absolute Gasteiger partial charge is 0.0549 e. The van der Waals surface area contributed by atoms with Crippen LogP contribution < -0.4 is 11.5 Å². The first-order valence-electron chi connectivity index (χ1n) is 8.73. The van der Waals surface area contributed by atoms with Crippen molar-refractivity contribution in [3.63, 3.8) is 0 Å². The molecule has 0 aliphatic rings. The number of hydrogen-bond acceptors (Lipinski definition) is 2. The van der Waals surface area contributed by atoms with Gasteiger partial charge >= 0.3 is 0 Å². The average molecular weight is 271 g/mol. The summed E-state index contributed by atoms with van der Waals surface area (Å²) in [6, 6.07) is 0. The lowest BCUT2D eigenvalue weighted by atomic mass is 9.93. The molecule has 0 aromatic carbocycles. The number of nitrogens with two attached hydrogens (primary N) is 2. The fraction of sp³-hybridized carbons (Fsp3) is 1.00. The Morgan fingerprint density at radius 3 is 1.47 bits per heavy atom. The van der Waals surface area contributed by atoms with E-state index in [1.165, 1.54) is 83.5 Å². The molecule has 116 valence electrons. The summed E-state index contributed by atoms with van der Waals surface area (Å²) < 4.78 is 0. The summed E-state index contributed by atoms with van der Waals surface area (Å²) in [4.78, 5) is 0. The van der Waals surface area contributed by atoms with Crippen LogP contribution in [0, 0.1) is 5.92 Å². The first-order chi connectivity index (χ1) is 9.22. The first kappa shape index (κ1) is 18.9. The third-order valence-corrected chi connectivity index (χ3v) is 4.15. The molecule has 1 unspecified atom stereocenters. The maximum atomic E-state index is 5.86. The van der Waals surface area contributed by atoms with E-state index >= 15 is 0 Å². The highest BCUT2D eigenvalue weighted by Crippen LogP contribution is 2.18. The SMILES string of the molecule is CCCCCCCCCCCC(CCCC)C(N)N. The van der Waals surface area contributed by atoms with Gasteiger partial charge in [-0.05, 0) is 18.8 Å². The van der Waals surface area contributed by atoms with Crippen molar-refractivity contribution in [1.82, 2.24) is 0 Å². The summed E-state index contributed by atoms with van der Waals surface area (Å²) in [5.74, 6) is 0.546. The highest BCUT2D eigenvalue weighted by Gasteiger charge is 2.12. The fourth-order valence-electron chi connectivity index (χ4n) is 2.71. The highest BCUT2D eigenvalue weighted by atomic mass is 14.9. The van der Waals surface area contributed by atoms with Gasteiger partial charge in [0.2, 0.25) is 0 Å². The van der Waals surface area contributed by atoms with Crippen LogP contribution in [0.5, 0.6) is 0 Å². The van der Waals surface area contributed by atoms with Gasteiger partial charge in [0.05, 0.1) is 6.17 Å². The quantitative estimate of drug-likeness (QED) is 0.346. The molecule has 0 bridgehead atoms. The molecular weight excluding hydrogens is 232 g/mol. The number of hydrogen-bond donors (Lipinski definition) is 2. The van der Waals surface area contributed by atoms with Crippen molar-refractivity contribution in [3.05, 3.63) is 0 Å². The van der Waals surface area contributed by atoms with Crippen LogP contribution >= 0.6 is 0 Å². The summed E-state index contributed by atoms with van der Waals surface area (Å²) in [5, 5.41) is 0. The van der Waals surface area contributed by atoms with Crippen molar-refractivity contribution in [2.75, 3.05) is 0 Å². The second-order valence-electron chi connectivity index (χ2n) is 6.10. The van der Waals surface area contributed by atoms with Crippen molar-refractivity contribution >= 4 is 0 Å². The van der Waals surface area contributed by atoms with Gasteiger partial charge in [0.25, 0.3) is 0 Å². The van der Waals surface area contributed by atoms with E-state index in [2.05, 4.69) is 13.8 Å². The molecule has 0 aromatic rings. The van der Waals surface area contributed by atoms with E-state index in [0.29, 0.717) is 5.92 Å². The van der Waals surface area contributed by atoms with E-state index in [0.717, 1.165) is 0 Å². The minimum atomic E-state index is -0.111. The summed E-state index contributed by atoms with van der Waals surface area (Å²) in [6.45, 7) is 4.51. The molecule has 0 heterocycles. The van der Waals surface area contributed by atoms with Crippen LogP contribution in [0.2, 0.25) is 0 Å². The number of unbranched alkanes of at least 4 members (excludes halogenated alkanes) is 9. The molecule has 0 aliphatic carbocycles. The second kappa shape index (κ2) is 14.3.